The van der Waals surface area contributed by atoms with E-state index in [1.54, 1.807) is 0 Å². The fourth-order valence-electron chi connectivity index (χ4n) is 1.02. The minimum atomic E-state index is -0.244. The second-order valence-corrected chi connectivity index (χ2v) is 3.67. The Balaban J connectivity index is 3.76. The summed E-state index contributed by atoms with van der Waals surface area (Å²) in [4.78, 5) is 0. The molecule has 0 heterocycles. The summed E-state index contributed by atoms with van der Waals surface area (Å²) in [5.41, 5.74) is 5.28. The number of rotatable bonds is 6. The minimum Gasteiger partial charge on any atom is -0.409 e. The van der Waals surface area contributed by atoms with Crippen molar-refractivity contribution in [2.45, 2.75) is 33.6 Å². The van der Waals surface area contributed by atoms with E-state index in [2.05, 4.69) is 5.16 Å². The molecule has 78 valence electrons. The van der Waals surface area contributed by atoms with E-state index in [0.717, 1.165) is 26.1 Å². The summed E-state index contributed by atoms with van der Waals surface area (Å²) >= 11 is 0. The van der Waals surface area contributed by atoms with Crippen molar-refractivity contribution >= 4 is 5.84 Å². The smallest absolute Gasteiger partial charge is 0.144 e. The molecule has 0 aliphatic rings. The zero-order valence-corrected chi connectivity index (χ0v) is 8.71. The van der Waals surface area contributed by atoms with E-state index in [0.29, 0.717) is 0 Å². The Hall–Kier alpha value is -0.770. The van der Waals surface area contributed by atoms with Gasteiger partial charge in [-0.3, -0.25) is 0 Å². The van der Waals surface area contributed by atoms with Gasteiger partial charge in [-0.1, -0.05) is 19.0 Å². The fraction of sp³-hybridized carbons (Fsp3) is 0.889. The highest BCUT2D eigenvalue weighted by atomic mass is 16.5. The molecular formula is C9H20N2O2. The summed E-state index contributed by atoms with van der Waals surface area (Å²) in [6.07, 6.45) is 1.79. The van der Waals surface area contributed by atoms with E-state index in [1.165, 1.54) is 0 Å². The Bertz CT molecular complexity index is 167. The van der Waals surface area contributed by atoms with E-state index in [-0.39, 0.29) is 11.3 Å². The van der Waals surface area contributed by atoms with Gasteiger partial charge >= 0.3 is 0 Å². The van der Waals surface area contributed by atoms with Gasteiger partial charge in [-0.2, -0.15) is 0 Å². The third-order valence-electron chi connectivity index (χ3n) is 2.10. The molecule has 0 atom stereocenters. The maximum Gasteiger partial charge on any atom is 0.144 e. The zero-order chi connectivity index (χ0) is 10.3. The molecule has 0 unspecified atom stereocenters. The Morgan fingerprint density at radius 3 is 2.62 bits per heavy atom. The summed E-state index contributed by atoms with van der Waals surface area (Å²) < 4.78 is 5.20. The van der Waals surface area contributed by atoms with Crippen LogP contribution in [0.2, 0.25) is 0 Å². The van der Waals surface area contributed by atoms with E-state index in [9.17, 15) is 0 Å². The number of hydrogen-bond donors (Lipinski definition) is 2. The van der Waals surface area contributed by atoms with Gasteiger partial charge in [0.1, 0.15) is 5.84 Å². The molecule has 0 radical (unpaired) electrons. The van der Waals surface area contributed by atoms with Crippen LogP contribution in [0.15, 0.2) is 5.16 Å². The van der Waals surface area contributed by atoms with Gasteiger partial charge in [0.25, 0.3) is 0 Å². The van der Waals surface area contributed by atoms with E-state index >= 15 is 0 Å². The Kier molecular flexibility index (Phi) is 5.46. The summed E-state index contributed by atoms with van der Waals surface area (Å²) in [5.74, 6) is 0.281. The minimum absolute atomic E-state index is 0.244. The van der Waals surface area contributed by atoms with Crippen molar-refractivity contribution in [2.24, 2.45) is 16.3 Å². The molecule has 13 heavy (non-hydrogen) atoms. The number of oxime groups is 1. The van der Waals surface area contributed by atoms with Crippen LogP contribution in [0.1, 0.15) is 33.6 Å². The van der Waals surface area contributed by atoms with E-state index in [1.807, 2.05) is 20.8 Å². The van der Waals surface area contributed by atoms with Gasteiger partial charge in [-0.05, 0) is 19.8 Å². The monoisotopic (exact) mass is 188 g/mol. The molecule has 0 fully saturated rings. The van der Waals surface area contributed by atoms with Crippen LogP contribution in [-0.2, 0) is 4.74 Å². The van der Waals surface area contributed by atoms with Gasteiger partial charge in [-0.25, -0.2) is 0 Å². The van der Waals surface area contributed by atoms with Crippen molar-refractivity contribution in [1.82, 2.24) is 0 Å². The number of nitrogens with zero attached hydrogens (tertiary/aromatic N) is 1. The SMILES string of the molecule is CCOCCCC(C)(C)C(N)=NO. The quantitative estimate of drug-likeness (QED) is 0.218. The normalized spacial score (nSPS) is 13.3. The zero-order valence-electron chi connectivity index (χ0n) is 8.71. The molecule has 0 aromatic carbocycles. The highest BCUT2D eigenvalue weighted by Crippen LogP contribution is 2.22. The number of hydrogen-bond acceptors (Lipinski definition) is 3. The molecule has 0 aliphatic heterocycles. The third kappa shape index (κ3) is 4.72. The molecule has 3 N–H and O–H groups in total. The third-order valence-corrected chi connectivity index (χ3v) is 2.10. The van der Waals surface area contributed by atoms with Crippen LogP contribution in [0.5, 0.6) is 0 Å². The summed E-state index contributed by atoms with van der Waals surface area (Å²) in [6, 6.07) is 0. The molecule has 0 aromatic rings. The first-order valence-electron chi connectivity index (χ1n) is 4.60. The van der Waals surface area contributed by atoms with Gasteiger partial charge < -0.3 is 15.7 Å². The molecule has 0 spiro atoms. The Labute approximate surface area is 79.8 Å². The topological polar surface area (TPSA) is 67.8 Å². The second kappa shape index (κ2) is 5.80. The van der Waals surface area contributed by atoms with Crippen LogP contribution >= 0.6 is 0 Å². The lowest BCUT2D eigenvalue weighted by Gasteiger charge is -2.22. The first kappa shape index (κ1) is 12.2. The van der Waals surface area contributed by atoms with Crippen molar-refractivity contribution in [1.29, 1.82) is 0 Å². The molecule has 0 saturated heterocycles. The van der Waals surface area contributed by atoms with Gasteiger partial charge in [0.2, 0.25) is 0 Å². The second-order valence-electron chi connectivity index (χ2n) is 3.67. The van der Waals surface area contributed by atoms with Crippen LogP contribution in [0.3, 0.4) is 0 Å². The first-order valence-corrected chi connectivity index (χ1v) is 4.60. The molecule has 0 aromatic heterocycles. The summed E-state index contributed by atoms with van der Waals surface area (Å²) in [7, 11) is 0. The lowest BCUT2D eigenvalue weighted by Crippen LogP contribution is -2.32. The van der Waals surface area contributed by atoms with Crippen LogP contribution in [-0.4, -0.2) is 24.3 Å². The van der Waals surface area contributed by atoms with E-state index < -0.39 is 0 Å². The molecule has 4 nitrogen and oxygen atoms in total. The average Bonchev–Trinajstić information content (AvgIpc) is 2.11. The predicted molar refractivity (Wildman–Crippen MR) is 52.9 cm³/mol. The lowest BCUT2D eigenvalue weighted by atomic mass is 9.87. The van der Waals surface area contributed by atoms with Gasteiger partial charge in [0.05, 0.1) is 0 Å². The molecule has 0 bridgehead atoms. The molecule has 0 saturated carbocycles. The Morgan fingerprint density at radius 2 is 2.15 bits per heavy atom. The molecule has 4 heteroatoms. The molecule has 0 rings (SSSR count). The Morgan fingerprint density at radius 1 is 1.54 bits per heavy atom. The maximum absolute atomic E-state index is 8.50. The summed E-state index contributed by atoms with van der Waals surface area (Å²) in [6.45, 7) is 7.35. The molecular weight excluding hydrogens is 168 g/mol. The van der Waals surface area contributed by atoms with Crippen molar-refractivity contribution in [2.75, 3.05) is 13.2 Å². The highest BCUT2D eigenvalue weighted by Gasteiger charge is 2.22. The highest BCUT2D eigenvalue weighted by molar-refractivity contribution is 5.85. The van der Waals surface area contributed by atoms with Crippen molar-refractivity contribution < 1.29 is 9.94 Å². The number of ether oxygens (including phenoxy) is 1. The van der Waals surface area contributed by atoms with Crippen molar-refractivity contribution in [3.05, 3.63) is 0 Å². The number of nitrogens with two attached hydrogens (primary N) is 1. The standard InChI is InChI=1S/C9H20N2O2/c1-4-13-7-5-6-9(2,3)8(10)11-12/h12H,4-7H2,1-3H3,(H2,10,11). The van der Waals surface area contributed by atoms with Gasteiger partial charge in [-0.15, -0.1) is 0 Å². The molecule has 0 aliphatic carbocycles. The van der Waals surface area contributed by atoms with Crippen molar-refractivity contribution in [3.8, 4) is 0 Å². The average molecular weight is 188 g/mol. The molecule has 0 amide bonds. The van der Waals surface area contributed by atoms with Crippen LogP contribution in [0.4, 0.5) is 0 Å². The van der Waals surface area contributed by atoms with E-state index in [4.69, 9.17) is 15.7 Å². The van der Waals surface area contributed by atoms with Crippen molar-refractivity contribution in [3.63, 3.8) is 0 Å². The van der Waals surface area contributed by atoms with Gasteiger partial charge in [0, 0.05) is 18.6 Å². The first-order chi connectivity index (χ1) is 6.04. The van der Waals surface area contributed by atoms with Gasteiger partial charge in [0.15, 0.2) is 0 Å². The lowest BCUT2D eigenvalue weighted by molar-refractivity contribution is 0.137. The fourth-order valence-corrected chi connectivity index (χ4v) is 1.02. The predicted octanol–water partition coefficient (Wildman–Crippen LogP) is 1.58. The largest absolute Gasteiger partial charge is 0.409 e. The van der Waals surface area contributed by atoms with Crippen LogP contribution < -0.4 is 5.73 Å². The number of amidine groups is 1. The van der Waals surface area contributed by atoms with Crippen LogP contribution in [0, 0.1) is 5.41 Å². The van der Waals surface area contributed by atoms with Crippen LogP contribution in [0.25, 0.3) is 0 Å². The maximum atomic E-state index is 8.50. The summed E-state index contributed by atoms with van der Waals surface area (Å²) in [5, 5.41) is 11.5.